The topological polar surface area (TPSA) is 127 Å². The molecule has 0 saturated heterocycles. The average Bonchev–Trinajstić information content (AvgIpc) is 2.90. The van der Waals surface area contributed by atoms with Gasteiger partial charge in [0.05, 0.1) is 15.9 Å². The van der Waals surface area contributed by atoms with Gasteiger partial charge in [-0.2, -0.15) is 13.2 Å². The summed E-state index contributed by atoms with van der Waals surface area (Å²) in [5, 5.41) is 25.3. The zero-order chi connectivity index (χ0) is 20.0. The van der Waals surface area contributed by atoms with Crippen LogP contribution in [0, 0.1) is 25.6 Å². The van der Waals surface area contributed by atoms with Crippen LogP contribution in [0.15, 0.2) is 6.07 Å². The van der Waals surface area contributed by atoms with Crippen molar-refractivity contribution in [3.63, 3.8) is 0 Å². The maximum absolute atomic E-state index is 13.0. The first-order chi connectivity index (χ1) is 11.7. The van der Waals surface area contributed by atoms with Crippen molar-refractivity contribution < 1.29 is 23.0 Å². The number of non-ortho nitro benzene ring substituents is 1. The van der Waals surface area contributed by atoms with Gasteiger partial charge in [-0.15, -0.1) is 0 Å². The van der Waals surface area contributed by atoms with Gasteiger partial charge in [0.2, 0.25) is 5.82 Å². The fourth-order valence-electron chi connectivity index (χ4n) is 2.13. The van der Waals surface area contributed by atoms with Crippen LogP contribution in [-0.4, -0.2) is 25.9 Å². The molecule has 1 aromatic heterocycles. The smallest absolute Gasteiger partial charge is 0.375 e. The lowest BCUT2D eigenvalue weighted by Gasteiger charge is -2.28. The third-order valence-electron chi connectivity index (χ3n) is 4.05. The lowest BCUT2D eigenvalue weighted by molar-refractivity contribution is -0.392. The van der Waals surface area contributed by atoms with Crippen LogP contribution in [-0.2, 0) is 6.18 Å². The molecule has 26 heavy (non-hydrogen) atoms. The van der Waals surface area contributed by atoms with Crippen LogP contribution < -0.4 is 5.32 Å². The molecule has 9 nitrogen and oxygen atoms in total. The minimum atomic E-state index is -4.89. The standard InChI is InChI=1S/C14H16F3N5O4/c1-6(13(2,3)4)18-9-7(21(23)24)5-8(22(25)26)10-11(9)20-12(19-10)14(15,16)17/h5-6,18H,1-4H3,(H,19,20). The minimum absolute atomic E-state index is 0.277. The quantitative estimate of drug-likeness (QED) is 0.608. The number of nitro benzene ring substituents is 2. The van der Waals surface area contributed by atoms with Crippen LogP contribution in [0.25, 0.3) is 11.0 Å². The van der Waals surface area contributed by atoms with Crippen LogP contribution in [0.3, 0.4) is 0 Å². The van der Waals surface area contributed by atoms with Crippen LogP contribution >= 0.6 is 0 Å². The molecule has 1 aromatic carbocycles. The predicted octanol–water partition coefficient (Wildman–Crippen LogP) is 4.24. The Kier molecular flexibility index (Phi) is 4.56. The van der Waals surface area contributed by atoms with E-state index in [1.54, 1.807) is 6.92 Å². The summed E-state index contributed by atoms with van der Waals surface area (Å²) in [4.78, 5) is 25.8. The number of fused-ring (bicyclic) bond motifs is 1. The number of H-pyrrole nitrogens is 1. The second kappa shape index (κ2) is 6.11. The number of hydrogen-bond donors (Lipinski definition) is 2. The molecule has 12 heteroatoms. The van der Waals surface area contributed by atoms with Gasteiger partial charge in [-0.3, -0.25) is 20.2 Å². The van der Waals surface area contributed by atoms with E-state index in [2.05, 4.69) is 10.3 Å². The number of benzene rings is 1. The molecule has 1 heterocycles. The molecule has 0 aliphatic carbocycles. The van der Waals surface area contributed by atoms with E-state index in [4.69, 9.17) is 0 Å². The van der Waals surface area contributed by atoms with Gasteiger partial charge in [0.25, 0.3) is 0 Å². The maximum Gasteiger partial charge on any atom is 0.449 e. The summed E-state index contributed by atoms with van der Waals surface area (Å²) >= 11 is 0. The minimum Gasteiger partial charge on any atom is -0.375 e. The van der Waals surface area contributed by atoms with Crippen LogP contribution in [0.5, 0.6) is 0 Å². The summed E-state index contributed by atoms with van der Waals surface area (Å²) in [6, 6.07) is 0.213. The molecular weight excluding hydrogens is 359 g/mol. The Morgan fingerprint density at radius 2 is 1.69 bits per heavy atom. The molecule has 1 unspecified atom stereocenters. The molecule has 0 spiro atoms. The van der Waals surface area contributed by atoms with E-state index < -0.39 is 55.7 Å². The highest BCUT2D eigenvalue weighted by atomic mass is 19.4. The van der Waals surface area contributed by atoms with E-state index in [0.717, 1.165) is 0 Å². The average molecular weight is 375 g/mol. The SMILES string of the molecule is CC(Nc1c([N+](=O)[O-])cc([N+](=O)[O-])c2nc(C(F)(F)F)[nH]c12)C(C)(C)C. The predicted molar refractivity (Wildman–Crippen MR) is 86.9 cm³/mol. The summed E-state index contributed by atoms with van der Waals surface area (Å²) in [5.41, 5.74) is -3.30. The molecule has 0 amide bonds. The summed E-state index contributed by atoms with van der Waals surface area (Å²) < 4.78 is 39.0. The van der Waals surface area contributed by atoms with Crippen molar-refractivity contribution in [1.82, 2.24) is 9.97 Å². The Labute approximate surface area is 144 Å². The van der Waals surface area contributed by atoms with Gasteiger partial charge >= 0.3 is 17.6 Å². The van der Waals surface area contributed by atoms with Gasteiger partial charge in [-0.25, -0.2) is 4.98 Å². The largest absolute Gasteiger partial charge is 0.449 e. The van der Waals surface area contributed by atoms with Gasteiger partial charge < -0.3 is 10.3 Å². The highest BCUT2D eigenvalue weighted by Gasteiger charge is 2.38. The molecule has 0 radical (unpaired) electrons. The number of hydrogen-bond acceptors (Lipinski definition) is 6. The molecule has 2 aromatic rings. The first-order valence-corrected chi connectivity index (χ1v) is 7.42. The Bertz CT molecular complexity index is 885. The highest BCUT2D eigenvalue weighted by molar-refractivity contribution is 5.99. The number of imidazole rings is 1. The van der Waals surface area contributed by atoms with Crippen molar-refractivity contribution in [3.05, 3.63) is 32.1 Å². The fourth-order valence-corrected chi connectivity index (χ4v) is 2.13. The Morgan fingerprint density at radius 3 is 2.12 bits per heavy atom. The molecule has 1 atom stereocenters. The Balaban J connectivity index is 2.85. The second-order valence-corrected chi connectivity index (χ2v) is 6.84. The highest BCUT2D eigenvalue weighted by Crippen LogP contribution is 2.41. The van der Waals surface area contributed by atoms with Crippen molar-refractivity contribution in [2.24, 2.45) is 5.41 Å². The van der Waals surface area contributed by atoms with Crippen LogP contribution in [0.1, 0.15) is 33.5 Å². The number of nitrogens with zero attached hydrogens (tertiary/aromatic N) is 3. The van der Waals surface area contributed by atoms with Crippen molar-refractivity contribution in [2.75, 3.05) is 5.32 Å². The molecule has 0 aliphatic heterocycles. The van der Waals surface area contributed by atoms with E-state index in [1.165, 1.54) is 0 Å². The van der Waals surface area contributed by atoms with E-state index in [9.17, 15) is 33.4 Å². The molecule has 2 N–H and O–H groups in total. The normalized spacial score (nSPS) is 13.7. The number of nitro groups is 2. The number of anilines is 1. The maximum atomic E-state index is 13.0. The number of aromatic nitrogens is 2. The van der Waals surface area contributed by atoms with Gasteiger partial charge in [-0.1, -0.05) is 20.8 Å². The van der Waals surface area contributed by atoms with Gasteiger partial charge in [0.15, 0.2) is 5.52 Å². The number of aromatic amines is 1. The summed E-state index contributed by atoms with van der Waals surface area (Å²) in [6.45, 7) is 7.17. The van der Waals surface area contributed by atoms with Crippen molar-refractivity contribution in [3.8, 4) is 0 Å². The number of rotatable bonds is 4. The molecule has 0 aliphatic rings. The van der Waals surface area contributed by atoms with E-state index in [1.807, 2.05) is 25.8 Å². The number of halogens is 3. The monoisotopic (exact) mass is 375 g/mol. The summed E-state index contributed by atoms with van der Waals surface area (Å²) in [5.74, 6) is -1.47. The van der Waals surface area contributed by atoms with Gasteiger partial charge in [0.1, 0.15) is 11.2 Å². The van der Waals surface area contributed by atoms with Crippen LogP contribution in [0.4, 0.5) is 30.2 Å². The number of alkyl halides is 3. The Hall–Kier alpha value is -2.92. The molecule has 0 bridgehead atoms. The lowest BCUT2D eigenvalue weighted by atomic mass is 9.88. The van der Waals surface area contributed by atoms with E-state index in [0.29, 0.717) is 6.07 Å². The molecule has 0 saturated carbocycles. The molecule has 2 rings (SSSR count). The number of nitrogens with one attached hydrogen (secondary N) is 2. The first kappa shape index (κ1) is 19.4. The summed E-state index contributed by atoms with van der Waals surface area (Å²) in [6.07, 6.45) is -4.89. The Morgan fingerprint density at radius 1 is 1.15 bits per heavy atom. The molecule has 142 valence electrons. The fraction of sp³-hybridized carbons (Fsp3) is 0.500. The van der Waals surface area contributed by atoms with Gasteiger partial charge in [0, 0.05) is 6.04 Å². The van der Waals surface area contributed by atoms with E-state index >= 15 is 0 Å². The molecule has 0 fully saturated rings. The zero-order valence-corrected chi connectivity index (χ0v) is 14.3. The zero-order valence-electron chi connectivity index (χ0n) is 14.3. The van der Waals surface area contributed by atoms with Crippen LogP contribution in [0.2, 0.25) is 0 Å². The third-order valence-corrected chi connectivity index (χ3v) is 4.05. The van der Waals surface area contributed by atoms with E-state index in [-0.39, 0.29) is 5.69 Å². The van der Waals surface area contributed by atoms with Crippen molar-refractivity contribution in [1.29, 1.82) is 0 Å². The second-order valence-electron chi connectivity index (χ2n) is 6.84. The van der Waals surface area contributed by atoms with Crippen molar-refractivity contribution in [2.45, 2.75) is 39.9 Å². The summed E-state index contributed by atoms with van der Waals surface area (Å²) in [7, 11) is 0. The molecular formula is C14H16F3N5O4. The first-order valence-electron chi connectivity index (χ1n) is 7.42. The van der Waals surface area contributed by atoms with Crippen molar-refractivity contribution >= 4 is 28.1 Å². The third kappa shape index (κ3) is 3.53. The lowest BCUT2D eigenvalue weighted by Crippen LogP contribution is -2.31. The van der Waals surface area contributed by atoms with Gasteiger partial charge in [-0.05, 0) is 12.3 Å².